The number of hydrogen-bond acceptors (Lipinski definition) is 6. The Kier molecular flexibility index (Phi) is 7.40. The zero-order chi connectivity index (χ0) is 24.8. The Hall–Kier alpha value is -4.20. The van der Waals surface area contributed by atoms with Gasteiger partial charge in [-0.2, -0.15) is 5.10 Å². The topological polar surface area (TPSA) is 93.1 Å². The molecular formula is C27H28N4O4. The van der Waals surface area contributed by atoms with E-state index in [2.05, 4.69) is 17.2 Å². The van der Waals surface area contributed by atoms with Gasteiger partial charge in [-0.15, -0.1) is 0 Å². The van der Waals surface area contributed by atoms with Gasteiger partial charge in [-0.1, -0.05) is 6.92 Å². The standard InChI is InChI=1S/C27H28N4O4/c1-4-18-13-15-31(30-25(18)20-9-12-23(34-2)24(16-20)35-3)27(33)19-7-10-22(11-8-19)29-26(32)21-6-5-14-28-17-21/h5-12,14,16-18H,4,13,15H2,1-3H3,(H,29,32). The Morgan fingerprint density at radius 1 is 1.03 bits per heavy atom. The second-order valence-corrected chi connectivity index (χ2v) is 8.15. The van der Waals surface area contributed by atoms with E-state index in [-0.39, 0.29) is 17.7 Å². The molecule has 0 radical (unpaired) electrons. The van der Waals surface area contributed by atoms with E-state index in [1.165, 1.54) is 11.2 Å². The van der Waals surface area contributed by atoms with Crippen LogP contribution in [0, 0.1) is 5.92 Å². The summed E-state index contributed by atoms with van der Waals surface area (Å²) in [4.78, 5) is 29.5. The fourth-order valence-corrected chi connectivity index (χ4v) is 4.06. The predicted molar refractivity (Wildman–Crippen MR) is 134 cm³/mol. The molecule has 1 aliphatic heterocycles. The maximum atomic E-state index is 13.2. The molecule has 0 fully saturated rings. The van der Waals surface area contributed by atoms with Gasteiger partial charge in [-0.25, -0.2) is 5.01 Å². The van der Waals surface area contributed by atoms with E-state index in [1.807, 2.05) is 18.2 Å². The molecule has 1 unspecified atom stereocenters. The van der Waals surface area contributed by atoms with Crippen LogP contribution in [-0.2, 0) is 0 Å². The van der Waals surface area contributed by atoms with Crippen LogP contribution in [-0.4, -0.2) is 48.3 Å². The highest BCUT2D eigenvalue weighted by molar-refractivity contribution is 6.05. The van der Waals surface area contributed by atoms with Crippen LogP contribution in [0.5, 0.6) is 11.5 Å². The molecule has 35 heavy (non-hydrogen) atoms. The number of hydrazone groups is 1. The van der Waals surface area contributed by atoms with Gasteiger partial charge in [0, 0.05) is 41.7 Å². The number of hydrogen-bond donors (Lipinski definition) is 1. The number of carbonyl (C=O) groups is 2. The first-order valence-electron chi connectivity index (χ1n) is 11.5. The highest BCUT2D eigenvalue weighted by Gasteiger charge is 2.27. The number of ether oxygens (including phenoxy) is 2. The molecule has 1 atom stereocenters. The van der Waals surface area contributed by atoms with Gasteiger partial charge < -0.3 is 14.8 Å². The van der Waals surface area contributed by atoms with Gasteiger partial charge in [0.25, 0.3) is 11.8 Å². The van der Waals surface area contributed by atoms with E-state index >= 15 is 0 Å². The van der Waals surface area contributed by atoms with Crippen LogP contribution in [0.4, 0.5) is 5.69 Å². The van der Waals surface area contributed by atoms with Gasteiger partial charge in [0.2, 0.25) is 0 Å². The second kappa shape index (κ2) is 10.8. The fourth-order valence-electron chi connectivity index (χ4n) is 4.06. The molecule has 3 aromatic rings. The van der Waals surface area contributed by atoms with Crippen LogP contribution >= 0.6 is 0 Å². The molecule has 1 aliphatic rings. The van der Waals surface area contributed by atoms with E-state index in [1.54, 1.807) is 56.8 Å². The summed E-state index contributed by atoms with van der Waals surface area (Å²) >= 11 is 0. The van der Waals surface area contributed by atoms with Crippen molar-refractivity contribution in [2.75, 3.05) is 26.1 Å². The van der Waals surface area contributed by atoms with Gasteiger partial charge >= 0.3 is 0 Å². The summed E-state index contributed by atoms with van der Waals surface area (Å²) in [6, 6.07) is 15.9. The summed E-state index contributed by atoms with van der Waals surface area (Å²) in [5.41, 5.74) is 3.31. The normalized spacial score (nSPS) is 15.2. The van der Waals surface area contributed by atoms with Gasteiger partial charge in [0.15, 0.2) is 11.5 Å². The van der Waals surface area contributed by atoms with E-state index in [0.717, 1.165) is 24.1 Å². The summed E-state index contributed by atoms with van der Waals surface area (Å²) in [6.45, 7) is 2.66. The van der Waals surface area contributed by atoms with E-state index in [4.69, 9.17) is 14.6 Å². The van der Waals surface area contributed by atoms with Crippen molar-refractivity contribution in [3.05, 3.63) is 83.7 Å². The molecule has 8 heteroatoms. The lowest BCUT2D eigenvalue weighted by atomic mass is 9.90. The van der Waals surface area contributed by atoms with Crippen molar-refractivity contribution in [1.29, 1.82) is 0 Å². The largest absolute Gasteiger partial charge is 0.493 e. The first-order chi connectivity index (χ1) is 17.0. The van der Waals surface area contributed by atoms with Crippen LogP contribution in [0.3, 0.4) is 0 Å². The van der Waals surface area contributed by atoms with Gasteiger partial charge in [0.05, 0.1) is 25.5 Å². The molecule has 1 aromatic heterocycles. The van der Waals surface area contributed by atoms with Gasteiger partial charge in [0.1, 0.15) is 0 Å². The van der Waals surface area contributed by atoms with Gasteiger partial charge in [-0.3, -0.25) is 14.6 Å². The Balaban J connectivity index is 1.53. The number of aromatic nitrogens is 1. The molecule has 2 amide bonds. The number of rotatable bonds is 7. The lowest BCUT2D eigenvalue weighted by Gasteiger charge is -2.29. The van der Waals surface area contributed by atoms with Crippen molar-refractivity contribution in [2.45, 2.75) is 19.8 Å². The van der Waals surface area contributed by atoms with Crippen molar-refractivity contribution in [2.24, 2.45) is 11.0 Å². The zero-order valence-corrected chi connectivity index (χ0v) is 20.0. The molecule has 1 N–H and O–H groups in total. The monoisotopic (exact) mass is 472 g/mol. The molecular weight excluding hydrogens is 444 g/mol. The van der Waals surface area contributed by atoms with Crippen molar-refractivity contribution in [3.8, 4) is 11.5 Å². The van der Waals surface area contributed by atoms with E-state index in [9.17, 15) is 9.59 Å². The average Bonchev–Trinajstić information content (AvgIpc) is 2.92. The number of methoxy groups -OCH3 is 2. The van der Waals surface area contributed by atoms with Crippen LogP contribution in [0.15, 0.2) is 72.1 Å². The molecule has 2 aromatic carbocycles. The molecule has 180 valence electrons. The molecule has 0 saturated carbocycles. The van der Waals surface area contributed by atoms with Crippen LogP contribution in [0.25, 0.3) is 0 Å². The highest BCUT2D eigenvalue weighted by Crippen LogP contribution is 2.31. The Labute approximate surface area is 204 Å². The minimum Gasteiger partial charge on any atom is -0.493 e. The summed E-state index contributed by atoms with van der Waals surface area (Å²) in [5, 5.41) is 9.08. The van der Waals surface area contributed by atoms with E-state index < -0.39 is 0 Å². The Bertz CT molecular complexity index is 1230. The van der Waals surface area contributed by atoms with Crippen molar-refractivity contribution >= 4 is 23.2 Å². The van der Waals surface area contributed by atoms with Gasteiger partial charge in [-0.05, 0) is 67.4 Å². The maximum absolute atomic E-state index is 13.2. The second-order valence-electron chi connectivity index (χ2n) is 8.15. The minimum atomic E-state index is -0.261. The van der Waals surface area contributed by atoms with Crippen molar-refractivity contribution < 1.29 is 19.1 Å². The molecule has 8 nitrogen and oxygen atoms in total. The Morgan fingerprint density at radius 2 is 1.80 bits per heavy atom. The lowest BCUT2D eigenvalue weighted by molar-refractivity contribution is 0.0742. The molecule has 2 heterocycles. The highest BCUT2D eigenvalue weighted by atomic mass is 16.5. The minimum absolute atomic E-state index is 0.192. The predicted octanol–water partition coefficient (Wildman–Crippen LogP) is 4.63. The summed E-state index contributed by atoms with van der Waals surface area (Å²) < 4.78 is 10.8. The Morgan fingerprint density at radius 3 is 2.46 bits per heavy atom. The smallest absolute Gasteiger partial charge is 0.273 e. The van der Waals surface area contributed by atoms with Crippen LogP contribution in [0.1, 0.15) is 46.0 Å². The molecule has 4 rings (SSSR count). The number of anilines is 1. The fraction of sp³-hybridized carbons (Fsp3) is 0.259. The number of nitrogens with zero attached hydrogens (tertiary/aromatic N) is 3. The van der Waals surface area contributed by atoms with Crippen molar-refractivity contribution in [3.63, 3.8) is 0 Å². The summed E-state index contributed by atoms with van der Waals surface area (Å²) in [5.74, 6) is 1.05. The first kappa shape index (κ1) is 23.9. The number of carbonyl (C=O) groups excluding carboxylic acids is 2. The number of amides is 2. The first-order valence-corrected chi connectivity index (χ1v) is 11.5. The number of benzene rings is 2. The molecule has 0 bridgehead atoms. The molecule has 0 saturated heterocycles. The molecule has 0 aliphatic carbocycles. The summed E-state index contributed by atoms with van der Waals surface area (Å²) in [6.07, 6.45) is 4.84. The summed E-state index contributed by atoms with van der Waals surface area (Å²) in [7, 11) is 3.20. The lowest BCUT2D eigenvalue weighted by Crippen LogP contribution is -2.36. The SMILES string of the molecule is CCC1CCN(C(=O)c2ccc(NC(=O)c3cccnc3)cc2)N=C1c1ccc(OC)c(OC)c1. The van der Waals surface area contributed by atoms with E-state index in [0.29, 0.717) is 34.9 Å². The third-order valence-electron chi connectivity index (χ3n) is 6.02. The third kappa shape index (κ3) is 5.32. The molecule has 0 spiro atoms. The van der Waals surface area contributed by atoms with Crippen LogP contribution in [0.2, 0.25) is 0 Å². The average molecular weight is 473 g/mol. The number of nitrogens with one attached hydrogen (secondary N) is 1. The quantitative estimate of drug-likeness (QED) is 0.541. The zero-order valence-electron chi connectivity index (χ0n) is 20.0. The van der Waals surface area contributed by atoms with Crippen molar-refractivity contribution in [1.82, 2.24) is 9.99 Å². The third-order valence-corrected chi connectivity index (χ3v) is 6.02. The number of pyridine rings is 1. The van der Waals surface area contributed by atoms with Crippen LogP contribution < -0.4 is 14.8 Å². The maximum Gasteiger partial charge on any atom is 0.273 e.